The predicted octanol–water partition coefficient (Wildman–Crippen LogP) is 5.11. The van der Waals surface area contributed by atoms with Crippen LogP contribution in [0, 0.1) is 5.82 Å². The molecular weight excluding hydrogens is 451 g/mol. The van der Waals surface area contributed by atoms with E-state index < -0.39 is 5.82 Å². The van der Waals surface area contributed by atoms with Gasteiger partial charge in [0.25, 0.3) is 0 Å². The molecule has 0 radical (unpaired) electrons. The second kappa shape index (κ2) is 11.4. The maximum absolute atomic E-state index is 14.6. The van der Waals surface area contributed by atoms with Crippen molar-refractivity contribution < 1.29 is 14.0 Å². The fourth-order valence-electron chi connectivity index (χ4n) is 4.37. The van der Waals surface area contributed by atoms with E-state index in [1.165, 1.54) is 62.4 Å². The summed E-state index contributed by atoms with van der Waals surface area (Å²) in [6, 6.07) is 14.4. The summed E-state index contributed by atoms with van der Waals surface area (Å²) >= 11 is 1.23. The molecule has 1 aromatic heterocycles. The van der Waals surface area contributed by atoms with Crippen molar-refractivity contribution in [3.63, 3.8) is 0 Å². The van der Waals surface area contributed by atoms with E-state index in [1.54, 1.807) is 22.8 Å². The molecule has 2 aromatic carbocycles. The molecule has 178 valence electrons. The molecule has 1 N–H and O–H groups in total. The summed E-state index contributed by atoms with van der Waals surface area (Å²) in [5, 5.41) is 11.6. The molecule has 0 bridgehead atoms. The first-order valence-corrected chi connectivity index (χ1v) is 12.7. The Labute approximate surface area is 203 Å². The number of nitrogens with one attached hydrogen (secondary N) is 1. The number of carbonyl (C=O) groups excluding carboxylic acids is 2. The molecule has 0 unspecified atom stereocenters. The third-order valence-electron chi connectivity index (χ3n) is 6.16. The first-order chi connectivity index (χ1) is 16.5. The summed E-state index contributed by atoms with van der Waals surface area (Å²) in [4.78, 5) is 24.1. The summed E-state index contributed by atoms with van der Waals surface area (Å²) in [5.74, 6) is 0.721. The van der Waals surface area contributed by atoms with Crippen LogP contribution in [0.5, 0.6) is 0 Å². The largest absolute Gasteiger partial charge is 0.356 e. The smallest absolute Gasteiger partial charge is 0.216 e. The van der Waals surface area contributed by atoms with E-state index in [9.17, 15) is 14.0 Å². The molecule has 4 rings (SSSR count). The highest BCUT2D eigenvalue weighted by Crippen LogP contribution is 2.33. The van der Waals surface area contributed by atoms with Crippen LogP contribution in [0.1, 0.15) is 66.7 Å². The van der Waals surface area contributed by atoms with Gasteiger partial charge in [-0.05, 0) is 36.5 Å². The van der Waals surface area contributed by atoms with Gasteiger partial charge in [0.2, 0.25) is 5.91 Å². The fraction of sp³-hybridized carbons (Fsp3) is 0.385. The third kappa shape index (κ3) is 5.91. The van der Waals surface area contributed by atoms with Crippen molar-refractivity contribution >= 4 is 23.5 Å². The minimum absolute atomic E-state index is 0.0110. The van der Waals surface area contributed by atoms with E-state index in [4.69, 9.17) is 0 Å². The number of ketones is 1. The number of thioether (sulfide) groups is 1. The lowest BCUT2D eigenvalue weighted by Crippen LogP contribution is -2.23. The molecule has 0 atom stereocenters. The lowest BCUT2D eigenvalue weighted by molar-refractivity contribution is -0.118. The van der Waals surface area contributed by atoms with Crippen LogP contribution in [-0.2, 0) is 11.2 Å². The monoisotopic (exact) mass is 480 g/mol. The summed E-state index contributed by atoms with van der Waals surface area (Å²) in [5.41, 5.74) is 2.29. The standard InChI is InChI=1S/C26H29FN4O2S/c1-18(32)28-16-15-25-29-30-26(31(25)23-10-6-5-9-22(23)27)34-17-24(33)21-13-11-20(12-14-21)19-7-3-2-4-8-19/h5-6,9-14,19H,2-4,7-8,15-17H2,1H3,(H,28,32). The Morgan fingerprint density at radius 1 is 1.06 bits per heavy atom. The minimum atomic E-state index is -0.408. The second-order valence-electron chi connectivity index (χ2n) is 8.59. The number of hydrogen-bond acceptors (Lipinski definition) is 5. The van der Waals surface area contributed by atoms with Crippen molar-refractivity contribution in [2.24, 2.45) is 0 Å². The van der Waals surface area contributed by atoms with E-state index in [0.29, 0.717) is 41.1 Å². The van der Waals surface area contributed by atoms with Gasteiger partial charge in [0.15, 0.2) is 10.9 Å². The maximum Gasteiger partial charge on any atom is 0.216 e. The molecule has 0 spiro atoms. The number of rotatable bonds is 9. The zero-order valence-electron chi connectivity index (χ0n) is 19.3. The molecule has 1 amide bonds. The number of amides is 1. The van der Waals surface area contributed by atoms with Crippen molar-refractivity contribution in [3.05, 3.63) is 71.3 Å². The van der Waals surface area contributed by atoms with Gasteiger partial charge >= 0.3 is 0 Å². The van der Waals surface area contributed by atoms with E-state index in [-0.39, 0.29) is 17.4 Å². The zero-order chi connectivity index (χ0) is 23.9. The zero-order valence-corrected chi connectivity index (χ0v) is 20.1. The quantitative estimate of drug-likeness (QED) is 0.340. The molecule has 1 aliphatic carbocycles. The minimum Gasteiger partial charge on any atom is -0.356 e. The van der Waals surface area contributed by atoms with Gasteiger partial charge in [-0.2, -0.15) is 0 Å². The molecule has 6 nitrogen and oxygen atoms in total. The summed E-state index contributed by atoms with van der Waals surface area (Å²) < 4.78 is 16.2. The summed E-state index contributed by atoms with van der Waals surface area (Å²) in [6.45, 7) is 1.80. The number of nitrogens with zero attached hydrogens (tertiary/aromatic N) is 3. The van der Waals surface area contributed by atoms with Crippen LogP contribution >= 0.6 is 11.8 Å². The highest BCUT2D eigenvalue weighted by Gasteiger charge is 2.19. The highest BCUT2D eigenvalue weighted by atomic mass is 32.2. The van der Waals surface area contributed by atoms with Crippen molar-refractivity contribution in [3.8, 4) is 5.69 Å². The lowest BCUT2D eigenvalue weighted by Gasteiger charge is -2.22. The average molecular weight is 481 g/mol. The van der Waals surface area contributed by atoms with Crippen LogP contribution in [0.15, 0.2) is 53.7 Å². The van der Waals surface area contributed by atoms with Crippen LogP contribution in [0.25, 0.3) is 5.69 Å². The molecule has 3 aromatic rings. The number of hydrogen-bond donors (Lipinski definition) is 1. The Hall–Kier alpha value is -3.00. The van der Waals surface area contributed by atoms with Crippen LogP contribution < -0.4 is 5.32 Å². The molecule has 1 saturated carbocycles. The Bertz CT molecular complexity index is 1140. The number of halogens is 1. The van der Waals surface area contributed by atoms with Crippen LogP contribution in [-0.4, -0.2) is 38.8 Å². The van der Waals surface area contributed by atoms with E-state index >= 15 is 0 Å². The van der Waals surface area contributed by atoms with Crippen LogP contribution in [0.4, 0.5) is 4.39 Å². The highest BCUT2D eigenvalue weighted by molar-refractivity contribution is 7.99. The van der Waals surface area contributed by atoms with Crippen LogP contribution in [0.3, 0.4) is 0 Å². The van der Waals surface area contributed by atoms with Gasteiger partial charge < -0.3 is 5.32 Å². The predicted molar refractivity (Wildman–Crippen MR) is 131 cm³/mol. The van der Waals surface area contributed by atoms with E-state index in [0.717, 1.165) is 0 Å². The molecule has 34 heavy (non-hydrogen) atoms. The normalized spacial score (nSPS) is 14.2. The van der Waals surface area contributed by atoms with Crippen LogP contribution in [0.2, 0.25) is 0 Å². The first-order valence-electron chi connectivity index (χ1n) is 11.7. The van der Waals surface area contributed by atoms with Gasteiger partial charge in [0.05, 0.1) is 11.4 Å². The van der Waals surface area contributed by atoms with Gasteiger partial charge in [0.1, 0.15) is 11.6 Å². The Balaban J connectivity index is 1.47. The average Bonchev–Trinajstić information content (AvgIpc) is 3.25. The number of carbonyl (C=O) groups is 2. The van der Waals surface area contributed by atoms with Gasteiger partial charge in [-0.1, -0.05) is 67.4 Å². The number of benzene rings is 2. The van der Waals surface area contributed by atoms with E-state index in [2.05, 4.69) is 27.6 Å². The van der Waals surface area contributed by atoms with E-state index in [1.807, 2.05) is 12.1 Å². The van der Waals surface area contributed by atoms with Crippen molar-refractivity contribution in [2.75, 3.05) is 12.3 Å². The Kier molecular flexibility index (Phi) is 8.11. The van der Waals surface area contributed by atoms with Gasteiger partial charge in [-0.15, -0.1) is 10.2 Å². The molecule has 1 fully saturated rings. The SMILES string of the molecule is CC(=O)NCCc1nnc(SCC(=O)c2ccc(C3CCCCC3)cc2)n1-c1ccccc1F. The third-order valence-corrected chi connectivity index (χ3v) is 7.09. The molecular formula is C26H29FN4O2S. The molecule has 0 aliphatic heterocycles. The molecule has 0 saturated heterocycles. The maximum atomic E-state index is 14.6. The number of para-hydroxylation sites is 1. The Morgan fingerprint density at radius 2 is 1.79 bits per heavy atom. The first kappa shape index (κ1) is 24.1. The number of Topliss-reactive ketones (excluding diaryl/α,β-unsaturated/α-hetero) is 1. The molecule has 1 aliphatic rings. The van der Waals surface area contributed by atoms with Gasteiger partial charge in [0, 0.05) is 25.5 Å². The topological polar surface area (TPSA) is 76.9 Å². The second-order valence-corrected chi connectivity index (χ2v) is 9.53. The lowest BCUT2D eigenvalue weighted by atomic mass is 9.84. The van der Waals surface area contributed by atoms with Gasteiger partial charge in [-0.25, -0.2) is 4.39 Å². The fourth-order valence-corrected chi connectivity index (χ4v) is 5.23. The summed E-state index contributed by atoms with van der Waals surface area (Å²) in [6.07, 6.45) is 6.70. The van der Waals surface area contributed by atoms with Crippen molar-refractivity contribution in [1.29, 1.82) is 0 Å². The van der Waals surface area contributed by atoms with Gasteiger partial charge in [-0.3, -0.25) is 14.2 Å². The van der Waals surface area contributed by atoms with Crippen molar-refractivity contribution in [2.45, 2.75) is 56.5 Å². The number of aromatic nitrogens is 3. The molecule has 8 heteroatoms. The van der Waals surface area contributed by atoms with Crippen molar-refractivity contribution in [1.82, 2.24) is 20.1 Å². The summed E-state index contributed by atoms with van der Waals surface area (Å²) in [7, 11) is 0. The Morgan fingerprint density at radius 3 is 2.50 bits per heavy atom. The molecule has 1 heterocycles.